The molecule has 3 N–H and O–H groups in total. The number of aryl methyl sites for hydroxylation is 1. The Morgan fingerprint density at radius 3 is 2.80 bits per heavy atom. The largest absolute Gasteiger partial charge is 0.411 e. The van der Waals surface area contributed by atoms with Crippen LogP contribution >= 0.6 is 0 Å². The number of hydrogen-bond donors (Lipinski definition) is 2. The van der Waals surface area contributed by atoms with Gasteiger partial charge in [-0.15, -0.1) is 0 Å². The number of benzene rings is 1. The van der Waals surface area contributed by atoms with E-state index in [2.05, 4.69) is 15.0 Å². The predicted molar refractivity (Wildman–Crippen MR) is 72.8 cm³/mol. The molecular formula is C13H18F3N3O. The summed E-state index contributed by atoms with van der Waals surface area (Å²) in [6.45, 7) is 1.04. The number of alkyl halides is 3. The van der Waals surface area contributed by atoms with Crippen LogP contribution in [0.1, 0.15) is 12.0 Å². The van der Waals surface area contributed by atoms with Crippen molar-refractivity contribution in [1.29, 1.82) is 0 Å². The Labute approximate surface area is 115 Å². The number of nitrogens with zero attached hydrogens (tertiary/aromatic N) is 1. The molecule has 0 spiro atoms. The predicted octanol–water partition coefficient (Wildman–Crippen LogP) is 2.69. The van der Waals surface area contributed by atoms with Crippen LogP contribution in [0.5, 0.6) is 0 Å². The average molecular weight is 289 g/mol. The van der Waals surface area contributed by atoms with E-state index in [4.69, 9.17) is 5.73 Å². The molecule has 7 heteroatoms. The van der Waals surface area contributed by atoms with Gasteiger partial charge in [0.25, 0.3) is 0 Å². The zero-order valence-corrected chi connectivity index (χ0v) is 11.2. The maximum Gasteiger partial charge on any atom is 0.411 e. The first kappa shape index (κ1) is 16.3. The van der Waals surface area contributed by atoms with E-state index in [-0.39, 0.29) is 12.6 Å². The minimum absolute atomic E-state index is 0.000729. The highest BCUT2D eigenvalue weighted by Gasteiger charge is 2.27. The number of nitrogens with two attached hydrogens (primary N) is 1. The Balaban J connectivity index is 2.22. The van der Waals surface area contributed by atoms with Gasteiger partial charge in [0.2, 0.25) is 0 Å². The van der Waals surface area contributed by atoms with E-state index >= 15 is 0 Å². The maximum atomic E-state index is 11.8. The van der Waals surface area contributed by atoms with E-state index in [9.17, 15) is 13.2 Å². The molecule has 1 aromatic carbocycles. The van der Waals surface area contributed by atoms with Gasteiger partial charge < -0.3 is 15.8 Å². The molecule has 0 aliphatic carbocycles. The quantitative estimate of drug-likeness (QED) is 0.481. The number of hydrogen-bond acceptors (Lipinski definition) is 2. The van der Waals surface area contributed by atoms with Crippen molar-refractivity contribution in [1.82, 2.24) is 0 Å². The fourth-order valence-electron chi connectivity index (χ4n) is 1.46. The fraction of sp³-hybridized carbons (Fsp3) is 0.462. The molecule has 0 heterocycles. The molecule has 20 heavy (non-hydrogen) atoms. The third-order valence-electron chi connectivity index (χ3n) is 2.29. The van der Waals surface area contributed by atoms with Crippen molar-refractivity contribution in [2.24, 2.45) is 10.7 Å². The van der Waals surface area contributed by atoms with Crippen LogP contribution in [0.25, 0.3) is 0 Å². The van der Waals surface area contributed by atoms with Gasteiger partial charge >= 0.3 is 6.18 Å². The van der Waals surface area contributed by atoms with Crippen LogP contribution in [-0.4, -0.2) is 31.9 Å². The first-order valence-electron chi connectivity index (χ1n) is 6.15. The zero-order chi connectivity index (χ0) is 15.0. The Hall–Kier alpha value is -1.76. The number of nitrogens with one attached hydrogen (secondary N) is 1. The summed E-state index contributed by atoms with van der Waals surface area (Å²) in [6.07, 6.45) is -3.90. The van der Waals surface area contributed by atoms with Gasteiger partial charge in [-0.05, 0) is 31.0 Å². The number of ether oxygens (including phenoxy) is 1. The summed E-state index contributed by atoms with van der Waals surface area (Å²) in [4.78, 5) is 4.01. The average Bonchev–Trinajstić information content (AvgIpc) is 2.32. The molecule has 0 radical (unpaired) electrons. The lowest BCUT2D eigenvalue weighted by atomic mass is 10.2. The van der Waals surface area contributed by atoms with Gasteiger partial charge in [0.15, 0.2) is 5.96 Å². The Kier molecular flexibility index (Phi) is 6.30. The molecule has 4 nitrogen and oxygen atoms in total. The third kappa shape index (κ3) is 7.63. The van der Waals surface area contributed by atoms with E-state index in [1.54, 1.807) is 0 Å². The van der Waals surface area contributed by atoms with E-state index in [1.165, 1.54) is 0 Å². The summed E-state index contributed by atoms with van der Waals surface area (Å²) in [5, 5.41) is 2.90. The molecule has 112 valence electrons. The highest BCUT2D eigenvalue weighted by atomic mass is 19.4. The molecule has 1 aromatic rings. The zero-order valence-electron chi connectivity index (χ0n) is 11.2. The molecule has 0 aliphatic heterocycles. The molecule has 0 bridgehead atoms. The second-order valence-corrected chi connectivity index (χ2v) is 4.28. The Morgan fingerprint density at radius 1 is 1.40 bits per heavy atom. The Morgan fingerprint density at radius 2 is 2.15 bits per heavy atom. The lowest BCUT2D eigenvalue weighted by Gasteiger charge is -2.07. The second-order valence-electron chi connectivity index (χ2n) is 4.28. The van der Waals surface area contributed by atoms with Gasteiger partial charge in [0.1, 0.15) is 6.61 Å². The van der Waals surface area contributed by atoms with Crippen LogP contribution in [-0.2, 0) is 4.74 Å². The molecule has 0 saturated carbocycles. The topological polar surface area (TPSA) is 59.6 Å². The number of aliphatic imine (C=N–C) groups is 1. The van der Waals surface area contributed by atoms with Crippen LogP contribution < -0.4 is 11.1 Å². The van der Waals surface area contributed by atoms with Gasteiger partial charge in [-0.1, -0.05) is 12.1 Å². The molecular weight excluding hydrogens is 271 g/mol. The molecule has 0 atom stereocenters. The van der Waals surface area contributed by atoms with Gasteiger partial charge in [-0.25, -0.2) is 0 Å². The summed E-state index contributed by atoms with van der Waals surface area (Å²) < 4.78 is 39.8. The molecule has 0 amide bonds. The van der Waals surface area contributed by atoms with Crippen molar-refractivity contribution in [3.05, 3.63) is 29.8 Å². The van der Waals surface area contributed by atoms with Crippen molar-refractivity contribution in [2.75, 3.05) is 25.1 Å². The minimum atomic E-state index is -4.28. The first-order chi connectivity index (χ1) is 9.37. The first-order valence-corrected chi connectivity index (χ1v) is 6.15. The monoisotopic (exact) mass is 289 g/mol. The second kappa shape index (κ2) is 7.74. The summed E-state index contributed by atoms with van der Waals surface area (Å²) in [5.41, 5.74) is 7.56. The lowest BCUT2D eigenvalue weighted by Crippen LogP contribution is -2.23. The van der Waals surface area contributed by atoms with Crippen LogP contribution in [0.2, 0.25) is 0 Å². The number of anilines is 1. The summed E-state index contributed by atoms with van der Waals surface area (Å²) in [7, 11) is 0. The molecule has 0 fully saturated rings. The highest BCUT2D eigenvalue weighted by Crippen LogP contribution is 2.14. The van der Waals surface area contributed by atoms with E-state index in [0.717, 1.165) is 11.3 Å². The van der Waals surface area contributed by atoms with Gasteiger partial charge in [0, 0.05) is 18.8 Å². The minimum Gasteiger partial charge on any atom is -0.372 e. The molecule has 1 rings (SSSR count). The molecule has 0 unspecified atom stereocenters. The van der Waals surface area contributed by atoms with Gasteiger partial charge in [-0.3, -0.25) is 4.99 Å². The van der Waals surface area contributed by atoms with Gasteiger partial charge in [0.05, 0.1) is 0 Å². The Bertz CT molecular complexity index is 447. The van der Waals surface area contributed by atoms with E-state index in [0.29, 0.717) is 13.0 Å². The van der Waals surface area contributed by atoms with Crippen molar-refractivity contribution in [3.8, 4) is 0 Å². The van der Waals surface area contributed by atoms with Crippen LogP contribution in [0, 0.1) is 6.92 Å². The van der Waals surface area contributed by atoms with Crippen molar-refractivity contribution in [2.45, 2.75) is 19.5 Å². The van der Waals surface area contributed by atoms with E-state index < -0.39 is 12.8 Å². The van der Waals surface area contributed by atoms with Crippen molar-refractivity contribution < 1.29 is 17.9 Å². The van der Waals surface area contributed by atoms with E-state index in [1.807, 2.05) is 31.2 Å². The molecule has 0 aromatic heterocycles. The summed E-state index contributed by atoms with van der Waals surface area (Å²) in [5.74, 6) is 0.228. The third-order valence-corrected chi connectivity index (χ3v) is 2.29. The lowest BCUT2D eigenvalue weighted by molar-refractivity contribution is -0.173. The SMILES string of the molecule is Cc1cccc(NC(N)=NCCCOCC(F)(F)F)c1. The molecule has 0 saturated heterocycles. The van der Waals surface area contributed by atoms with Crippen LogP contribution in [0.4, 0.5) is 18.9 Å². The number of guanidine groups is 1. The van der Waals surface area contributed by atoms with Crippen LogP contribution in [0.15, 0.2) is 29.3 Å². The summed E-state index contributed by atoms with van der Waals surface area (Å²) in [6, 6.07) is 7.60. The van der Waals surface area contributed by atoms with Crippen molar-refractivity contribution >= 4 is 11.6 Å². The molecule has 0 aliphatic rings. The van der Waals surface area contributed by atoms with Gasteiger partial charge in [-0.2, -0.15) is 13.2 Å². The van der Waals surface area contributed by atoms with Crippen LogP contribution in [0.3, 0.4) is 0 Å². The number of rotatable bonds is 6. The maximum absolute atomic E-state index is 11.8. The smallest absolute Gasteiger partial charge is 0.372 e. The van der Waals surface area contributed by atoms with Crippen molar-refractivity contribution in [3.63, 3.8) is 0 Å². The highest BCUT2D eigenvalue weighted by molar-refractivity contribution is 5.92. The standard InChI is InChI=1S/C13H18F3N3O/c1-10-4-2-5-11(8-10)19-12(17)18-6-3-7-20-9-13(14,15)16/h2,4-5,8H,3,6-7,9H2,1H3,(H3,17,18,19). The number of halogens is 3. The fourth-order valence-corrected chi connectivity index (χ4v) is 1.46. The normalized spacial score (nSPS) is 12.5. The summed E-state index contributed by atoms with van der Waals surface area (Å²) >= 11 is 0.